The number of piperidine rings is 1. The molecule has 4 aromatic rings. The lowest BCUT2D eigenvalue weighted by molar-refractivity contribution is -0.151. The SMILES string of the molecule is CCOC(=O)[C@H]1CCCN(C(=O)Cc2csc3nc(C)c(-c4cc(C)n(-c5cc(C)ccc5C)n4)c(=O)n23)C1. The van der Waals surface area contributed by atoms with Gasteiger partial charge in [-0.2, -0.15) is 5.10 Å². The summed E-state index contributed by atoms with van der Waals surface area (Å²) in [5.74, 6) is -0.684. The standard InChI is InChI=1S/C29H33N5O4S/c1-6-38-28(37)21-8-7-11-32(15-21)25(35)14-22-16-39-29-30-20(5)26(27(36)33(22)29)23-13-19(4)34(31-23)24-12-17(2)9-10-18(24)3/h9-10,12-13,16,21H,6-8,11,14-15H2,1-5H3/t21-/m0/s1. The van der Waals surface area contributed by atoms with Crippen LogP contribution in [0.5, 0.6) is 0 Å². The Morgan fingerprint density at radius 2 is 1.95 bits per heavy atom. The molecule has 1 saturated heterocycles. The fourth-order valence-corrected chi connectivity index (χ4v) is 6.16. The predicted octanol–water partition coefficient (Wildman–Crippen LogP) is 4.19. The molecule has 0 N–H and O–H groups in total. The van der Waals surface area contributed by atoms with Gasteiger partial charge in [-0.25, -0.2) is 9.67 Å². The van der Waals surface area contributed by atoms with Crippen molar-refractivity contribution in [2.24, 2.45) is 5.92 Å². The fraction of sp³-hybridized carbons (Fsp3) is 0.414. The van der Waals surface area contributed by atoms with Crippen molar-refractivity contribution in [1.29, 1.82) is 0 Å². The minimum absolute atomic E-state index is 0.0512. The molecule has 0 spiro atoms. The molecule has 10 heteroatoms. The lowest BCUT2D eigenvalue weighted by atomic mass is 9.98. The number of esters is 1. The largest absolute Gasteiger partial charge is 0.466 e. The number of likely N-dealkylation sites (tertiary alicyclic amines) is 1. The van der Waals surface area contributed by atoms with Gasteiger partial charge in [-0.3, -0.25) is 18.8 Å². The average molecular weight is 548 g/mol. The van der Waals surface area contributed by atoms with Crippen LogP contribution < -0.4 is 5.56 Å². The smallest absolute Gasteiger partial charge is 0.310 e. The zero-order valence-electron chi connectivity index (χ0n) is 23.0. The van der Waals surface area contributed by atoms with E-state index >= 15 is 0 Å². The number of nitrogens with zero attached hydrogens (tertiary/aromatic N) is 5. The van der Waals surface area contributed by atoms with E-state index in [-0.39, 0.29) is 29.8 Å². The van der Waals surface area contributed by atoms with Gasteiger partial charge in [0.05, 0.1) is 35.9 Å². The van der Waals surface area contributed by atoms with E-state index in [4.69, 9.17) is 14.8 Å². The molecule has 0 unspecified atom stereocenters. The molecule has 0 saturated carbocycles. The maximum atomic E-state index is 13.9. The number of rotatable bonds is 6. The van der Waals surface area contributed by atoms with Crippen LogP contribution in [-0.4, -0.2) is 55.6 Å². The van der Waals surface area contributed by atoms with E-state index in [1.54, 1.807) is 11.8 Å². The zero-order chi connectivity index (χ0) is 27.8. The lowest BCUT2D eigenvalue weighted by Gasteiger charge is -2.31. The first-order valence-electron chi connectivity index (χ1n) is 13.3. The van der Waals surface area contributed by atoms with Crippen molar-refractivity contribution in [2.45, 2.75) is 53.9 Å². The van der Waals surface area contributed by atoms with Crippen molar-refractivity contribution >= 4 is 28.2 Å². The number of amides is 1. The van der Waals surface area contributed by atoms with Gasteiger partial charge >= 0.3 is 5.97 Å². The lowest BCUT2D eigenvalue weighted by Crippen LogP contribution is -2.43. The van der Waals surface area contributed by atoms with Gasteiger partial charge in [-0.1, -0.05) is 12.1 Å². The highest BCUT2D eigenvalue weighted by Crippen LogP contribution is 2.26. The third-order valence-electron chi connectivity index (χ3n) is 7.28. The number of aryl methyl sites for hydroxylation is 4. The van der Waals surface area contributed by atoms with Crippen molar-refractivity contribution < 1.29 is 14.3 Å². The van der Waals surface area contributed by atoms with E-state index in [0.717, 1.165) is 28.9 Å². The van der Waals surface area contributed by atoms with Gasteiger partial charge in [0.1, 0.15) is 5.69 Å². The average Bonchev–Trinajstić information content (AvgIpc) is 3.48. The minimum Gasteiger partial charge on any atom is -0.466 e. The molecule has 1 amide bonds. The molecule has 1 fully saturated rings. The number of benzene rings is 1. The van der Waals surface area contributed by atoms with Crippen LogP contribution in [-0.2, 0) is 20.7 Å². The Morgan fingerprint density at radius 3 is 2.72 bits per heavy atom. The summed E-state index contributed by atoms with van der Waals surface area (Å²) in [7, 11) is 0. The number of carbonyl (C=O) groups is 2. The first-order chi connectivity index (χ1) is 18.7. The van der Waals surface area contributed by atoms with E-state index in [0.29, 0.717) is 53.7 Å². The van der Waals surface area contributed by atoms with Crippen molar-refractivity contribution in [3.8, 4) is 16.9 Å². The zero-order valence-corrected chi connectivity index (χ0v) is 23.8. The van der Waals surface area contributed by atoms with Gasteiger partial charge in [0.25, 0.3) is 5.56 Å². The van der Waals surface area contributed by atoms with E-state index in [1.165, 1.54) is 15.7 Å². The number of aromatic nitrogens is 4. The van der Waals surface area contributed by atoms with Crippen LogP contribution in [0, 0.1) is 33.6 Å². The highest BCUT2D eigenvalue weighted by Gasteiger charge is 2.30. The molecule has 0 bridgehead atoms. The summed E-state index contributed by atoms with van der Waals surface area (Å²) in [4.78, 5) is 46.3. The summed E-state index contributed by atoms with van der Waals surface area (Å²) in [5, 5.41) is 6.63. The van der Waals surface area contributed by atoms with Crippen molar-refractivity contribution in [3.05, 3.63) is 68.2 Å². The third-order valence-corrected chi connectivity index (χ3v) is 8.16. The molecule has 0 aliphatic carbocycles. The molecule has 39 heavy (non-hydrogen) atoms. The highest BCUT2D eigenvalue weighted by atomic mass is 32.1. The topological polar surface area (TPSA) is 98.8 Å². The number of thiazole rings is 1. The van der Waals surface area contributed by atoms with Crippen LogP contribution in [0.15, 0.2) is 34.4 Å². The Kier molecular flexibility index (Phi) is 7.40. The Morgan fingerprint density at radius 1 is 1.15 bits per heavy atom. The van der Waals surface area contributed by atoms with E-state index in [2.05, 4.69) is 18.2 Å². The summed E-state index contributed by atoms with van der Waals surface area (Å²) in [6.45, 7) is 10.9. The molecule has 1 aliphatic heterocycles. The summed E-state index contributed by atoms with van der Waals surface area (Å²) in [6.07, 6.45) is 1.51. The molecule has 3 aromatic heterocycles. The van der Waals surface area contributed by atoms with E-state index in [1.807, 2.05) is 43.8 Å². The Bertz CT molecular complexity index is 1630. The predicted molar refractivity (Wildman–Crippen MR) is 150 cm³/mol. The van der Waals surface area contributed by atoms with Gasteiger partial charge in [-0.05, 0) is 70.7 Å². The molecular weight excluding hydrogens is 514 g/mol. The number of hydrogen-bond donors (Lipinski definition) is 0. The maximum absolute atomic E-state index is 13.9. The fourth-order valence-electron chi connectivity index (χ4n) is 5.24. The number of fused-ring (bicyclic) bond motifs is 1. The molecular formula is C29H33N5O4S. The number of ether oxygens (including phenoxy) is 1. The van der Waals surface area contributed by atoms with Crippen LogP contribution in [0.1, 0.15) is 48.0 Å². The molecule has 9 nitrogen and oxygen atoms in total. The second-order valence-corrected chi connectivity index (χ2v) is 11.0. The van der Waals surface area contributed by atoms with Crippen LogP contribution in [0.25, 0.3) is 21.9 Å². The van der Waals surface area contributed by atoms with Crippen molar-refractivity contribution in [1.82, 2.24) is 24.1 Å². The van der Waals surface area contributed by atoms with Crippen LogP contribution in [0.2, 0.25) is 0 Å². The minimum atomic E-state index is -0.309. The number of hydrogen-bond acceptors (Lipinski definition) is 7. The highest BCUT2D eigenvalue weighted by molar-refractivity contribution is 7.15. The molecule has 1 aliphatic rings. The Hall–Kier alpha value is -3.79. The van der Waals surface area contributed by atoms with E-state index in [9.17, 15) is 14.4 Å². The molecule has 0 radical (unpaired) electrons. The quantitative estimate of drug-likeness (QED) is 0.336. The number of carbonyl (C=O) groups excluding carboxylic acids is 2. The van der Waals surface area contributed by atoms with Gasteiger partial charge < -0.3 is 9.64 Å². The monoisotopic (exact) mass is 547 g/mol. The summed E-state index contributed by atoms with van der Waals surface area (Å²) >= 11 is 1.34. The second-order valence-electron chi connectivity index (χ2n) is 10.2. The second kappa shape index (κ2) is 10.8. The van der Waals surface area contributed by atoms with Gasteiger partial charge in [-0.15, -0.1) is 11.3 Å². The molecule has 1 atom stereocenters. The first-order valence-corrected chi connectivity index (χ1v) is 14.1. The van der Waals surface area contributed by atoms with Crippen LogP contribution in [0.3, 0.4) is 0 Å². The maximum Gasteiger partial charge on any atom is 0.310 e. The van der Waals surface area contributed by atoms with Crippen molar-refractivity contribution in [3.63, 3.8) is 0 Å². The summed E-state index contributed by atoms with van der Waals surface area (Å²) in [5.41, 5.74) is 6.00. The summed E-state index contributed by atoms with van der Waals surface area (Å²) < 4.78 is 8.56. The van der Waals surface area contributed by atoms with Gasteiger partial charge in [0, 0.05) is 29.9 Å². The third kappa shape index (κ3) is 5.13. The van der Waals surface area contributed by atoms with Gasteiger partial charge in [0.15, 0.2) is 4.96 Å². The Balaban J connectivity index is 1.47. The first kappa shape index (κ1) is 26.8. The molecule has 1 aromatic carbocycles. The molecule has 4 heterocycles. The van der Waals surface area contributed by atoms with Gasteiger partial charge in [0.2, 0.25) is 5.91 Å². The van der Waals surface area contributed by atoms with Crippen LogP contribution >= 0.6 is 11.3 Å². The molecule has 5 rings (SSSR count). The normalized spacial score (nSPS) is 15.6. The summed E-state index contributed by atoms with van der Waals surface area (Å²) in [6, 6.07) is 8.11. The van der Waals surface area contributed by atoms with Crippen molar-refractivity contribution in [2.75, 3.05) is 19.7 Å². The van der Waals surface area contributed by atoms with E-state index < -0.39 is 0 Å². The van der Waals surface area contributed by atoms with Crippen LogP contribution in [0.4, 0.5) is 0 Å². The molecule has 204 valence electrons. The Labute approximate surface area is 231 Å².